The molecule has 0 spiro atoms. The fraction of sp³-hybridized carbons (Fsp3) is 0.160. The Morgan fingerprint density at radius 1 is 0.839 bits per heavy atom. The fourth-order valence-corrected chi connectivity index (χ4v) is 5.52. The first-order valence-electron chi connectivity index (χ1n) is 10.3. The van der Waals surface area contributed by atoms with Crippen molar-refractivity contribution in [2.75, 3.05) is 4.90 Å². The van der Waals surface area contributed by atoms with Gasteiger partial charge in [-0.1, -0.05) is 60.7 Å². The summed E-state index contributed by atoms with van der Waals surface area (Å²) in [6.07, 6.45) is 3.70. The maximum absolute atomic E-state index is 13.8. The van der Waals surface area contributed by atoms with Crippen molar-refractivity contribution >= 4 is 40.3 Å². The van der Waals surface area contributed by atoms with Gasteiger partial charge in [0.2, 0.25) is 17.7 Å². The molecule has 4 atom stereocenters. The van der Waals surface area contributed by atoms with E-state index >= 15 is 0 Å². The summed E-state index contributed by atoms with van der Waals surface area (Å²) in [4.78, 5) is 43.0. The number of primary amides is 1. The second-order valence-electron chi connectivity index (χ2n) is 8.25. The highest BCUT2D eigenvalue weighted by Crippen LogP contribution is 2.53. The number of rotatable bonds is 2. The van der Waals surface area contributed by atoms with Crippen LogP contribution in [0.3, 0.4) is 0 Å². The average molecular weight is 409 g/mol. The first-order chi connectivity index (χ1) is 15.1. The number of fused-ring (bicyclic) bond motifs is 6. The maximum Gasteiger partial charge on any atom is 0.240 e. The van der Waals surface area contributed by atoms with E-state index in [1.165, 1.54) is 4.90 Å². The quantitative estimate of drug-likeness (QED) is 0.660. The van der Waals surface area contributed by atoms with E-state index in [1.54, 1.807) is 17.2 Å². The molecule has 0 bridgehead atoms. The van der Waals surface area contributed by atoms with Gasteiger partial charge in [0, 0.05) is 11.6 Å². The standard InChI is InChI=1S/C25H19N3O3/c26-23(29)22-20-19(21-17-10-4-2-7-15(17)12-13-27(21)22)24(30)28(25(20)31)18-11-5-8-14-6-1-3-9-16(14)18/h1-13,19-22H,(H2,26,29)/t19-,20+,21+,22-/m0/s1. The van der Waals surface area contributed by atoms with Crippen molar-refractivity contribution < 1.29 is 14.4 Å². The number of benzene rings is 3. The summed E-state index contributed by atoms with van der Waals surface area (Å²) in [5, 5.41) is 1.76. The molecule has 2 fully saturated rings. The molecule has 0 aromatic heterocycles. The number of amides is 3. The number of hydrogen-bond donors (Lipinski definition) is 1. The first-order valence-corrected chi connectivity index (χ1v) is 10.3. The zero-order valence-corrected chi connectivity index (χ0v) is 16.5. The highest BCUT2D eigenvalue weighted by Gasteiger charge is 2.64. The van der Waals surface area contributed by atoms with Crippen LogP contribution in [0.5, 0.6) is 0 Å². The molecule has 31 heavy (non-hydrogen) atoms. The molecule has 0 radical (unpaired) electrons. The number of imide groups is 1. The zero-order valence-electron chi connectivity index (χ0n) is 16.5. The third kappa shape index (κ3) is 2.30. The fourth-order valence-electron chi connectivity index (χ4n) is 5.52. The lowest BCUT2D eigenvalue weighted by Crippen LogP contribution is -2.46. The Labute approximate surface area is 178 Å². The number of nitrogens with zero attached hydrogens (tertiary/aromatic N) is 2. The summed E-state index contributed by atoms with van der Waals surface area (Å²) in [5.74, 6) is -2.73. The predicted molar refractivity (Wildman–Crippen MR) is 116 cm³/mol. The van der Waals surface area contributed by atoms with E-state index < -0.39 is 29.8 Å². The van der Waals surface area contributed by atoms with Crippen LogP contribution in [0.25, 0.3) is 16.8 Å². The lowest BCUT2D eigenvalue weighted by molar-refractivity contribution is -0.129. The normalized spacial score (nSPS) is 26.2. The van der Waals surface area contributed by atoms with Crippen LogP contribution in [0.1, 0.15) is 17.2 Å². The van der Waals surface area contributed by atoms with E-state index in [0.29, 0.717) is 5.69 Å². The van der Waals surface area contributed by atoms with Crippen molar-refractivity contribution in [3.8, 4) is 0 Å². The molecule has 3 aromatic carbocycles. The first kappa shape index (κ1) is 17.9. The Morgan fingerprint density at radius 2 is 1.55 bits per heavy atom. The van der Waals surface area contributed by atoms with E-state index in [4.69, 9.17) is 5.73 Å². The van der Waals surface area contributed by atoms with Gasteiger partial charge >= 0.3 is 0 Å². The number of hydrogen-bond acceptors (Lipinski definition) is 4. The molecule has 3 aliphatic heterocycles. The molecule has 0 saturated carbocycles. The number of carbonyl (C=O) groups excluding carboxylic acids is 3. The van der Waals surface area contributed by atoms with Crippen LogP contribution < -0.4 is 10.6 Å². The molecule has 6 heteroatoms. The molecule has 2 saturated heterocycles. The molecule has 0 unspecified atom stereocenters. The average Bonchev–Trinajstić information content (AvgIpc) is 3.26. The summed E-state index contributed by atoms with van der Waals surface area (Å²) < 4.78 is 0. The number of anilines is 1. The van der Waals surface area contributed by atoms with Crippen LogP contribution in [0, 0.1) is 11.8 Å². The summed E-state index contributed by atoms with van der Waals surface area (Å²) in [5.41, 5.74) is 8.24. The molecule has 3 aliphatic rings. The molecule has 2 N–H and O–H groups in total. The molecule has 3 aromatic rings. The summed E-state index contributed by atoms with van der Waals surface area (Å²) in [6, 6.07) is 19.7. The van der Waals surface area contributed by atoms with E-state index in [9.17, 15) is 14.4 Å². The molecule has 6 rings (SSSR count). The summed E-state index contributed by atoms with van der Waals surface area (Å²) in [6.45, 7) is 0. The smallest absolute Gasteiger partial charge is 0.240 e. The Morgan fingerprint density at radius 3 is 2.39 bits per heavy atom. The van der Waals surface area contributed by atoms with Crippen molar-refractivity contribution in [3.05, 3.63) is 84.1 Å². The SMILES string of the molecule is NC(=O)[C@@H]1[C@@H]2C(=O)N(c3cccc4ccccc34)C(=O)[C@@H]2[C@H]2c3ccccc3C=CN12. The molecule has 3 heterocycles. The summed E-state index contributed by atoms with van der Waals surface area (Å²) in [7, 11) is 0. The van der Waals surface area contributed by atoms with E-state index in [0.717, 1.165) is 21.9 Å². The maximum atomic E-state index is 13.8. The van der Waals surface area contributed by atoms with Crippen LogP contribution in [-0.4, -0.2) is 28.7 Å². The highest BCUT2D eigenvalue weighted by molar-refractivity contribution is 6.26. The minimum atomic E-state index is -0.865. The zero-order chi connectivity index (χ0) is 21.3. The van der Waals surface area contributed by atoms with Crippen molar-refractivity contribution in [1.29, 1.82) is 0 Å². The number of nitrogens with two attached hydrogens (primary N) is 1. The predicted octanol–water partition coefficient (Wildman–Crippen LogP) is 2.84. The molecule has 3 amide bonds. The highest BCUT2D eigenvalue weighted by atomic mass is 16.2. The Kier molecular flexibility index (Phi) is 3.63. The third-order valence-electron chi connectivity index (χ3n) is 6.76. The van der Waals surface area contributed by atoms with Gasteiger partial charge in [0.25, 0.3) is 0 Å². The van der Waals surface area contributed by atoms with E-state index in [-0.39, 0.29) is 11.8 Å². The molecule has 152 valence electrons. The Bertz CT molecular complexity index is 1310. The van der Waals surface area contributed by atoms with Crippen molar-refractivity contribution in [1.82, 2.24) is 4.90 Å². The van der Waals surface area contributed by atoms with Crippen molar-refractivity contribution in [2.24, 2.45) is 17.6 Å². The second-order valence-corrected chi connectivity index (χ2v) is 8.25. The topological polar surface area (TPSA) is 83.7 Å². The van der Waals surface area contributed by atoms with Gasteiger partial charge in [-0.3, -0.25) is 14.4 Å². The van der Waals surface area contributed by atoms with Crippen molar-refractivity contribution in [3.63, 3.8) is 0 Å². The van der Waals surface area contributed by atoms with Gasteiger partial charge in [0.15, 0.2) is 0 Å². The number of carbonyl (C=O) groups is 3. The van der Waals surface area contributed by atoms with Crippen LogP contribution in [0.15, 0.2) is 72.9 Å². The molecular formula is C25H19N3O3. The Hall–Kier alpha value is -3.93. The third-order valence-corrected chi connectivity index (χ3v) is 6.76. The lowest BCUT2D eigenvalue weighted by atomic mass is 9.84. The van der Waals surface area contributed by atoms with Crippen LogP contribution >= 0.6 is 0 Å². The second kappa shape index (κ2) is 6.28. The van der Waals surface area contributed by atoms with Gasteiger partial charge in [-0.25, -0.2) is 4.90 Å². The monoisotopic (exact) mass is 409 g/mol. The minimum absolute atomic E-state index is 0.282. The molecule has 6 nitrogen and oxygen atoms in total. The van der Waals surface area contributed by atoms with Crippen LogP contribution in [0.2, 0.25) is 0 Å². The van der Waals surface area contributed by atoms with E-state index in [1.807, 2.05) is 66.7 Å². The Balaban J connectivity index is 1.53. The van der Waals surface area contributed by atoms with E-state index in [2.05, 4.69) is 0 Å². The largest absolute Gasteiger partial charge is 0.368 e. The summed E-state index contributed by atoms with van der Waals surface area (Å²) >= 11 is 0. The van der Waals surface area contributed by atoms with Crippen molar-refractivity contribution in [2.45, 2.75) is 12.1 Å². The molecular weight excluding hydrogens is 390 g/mol. The van der Waals surface area contributed by atoms with Gasteiger partial charge < -0.3 is 10.6 Å². The van der Waals surface area contributed by atoms with Gasteiger partial charge in [-0.15, -0.1) is 0 Å². The molecule has 0 aliphatic carbocycles. The van der Waals surface area contributed by atoms with Crippen LogP contribution in [0.4, 0.5) is 5.69 Å². The minimum Gasteiger partial charge on any atom is -0.368 e. The van der Waals surface area contributed by atoms with Gasteiger partial charge in [-0.05, 0) is 28.7 Å². The van der Waals surface area contributed by atoms with Gasteiger partial charge in [0.1, 0.15) is 6.04 Å². The lowest BCUT2D eigenvalue weighted by Gasteiger charge is -2.34. The van der Waals surface area contributed by atoms with Gasteiger partial charge in [0.05, 0.1) is 23.6 Å². The van der Waals surface area contributed by atoms with Gasteiger partial charge in [-0.2, -0.15) is 0 Å². The van der Waals surface area contributed by atoms with Crippen LogP contribution in [-0.2, 0) is 14.4 Å².